The molecule has 0 fully saturated rings. The van der Waals surface area contributed by atoms with Crippen molar-refractivity contribution in [3.05, 3.63) is 18.1 Å². The van der Waals surface area contributed by atoms with Crippen LogP contribution >= 0.6 is 0 Å². The third-order valence-corrected chi connectivity index (χ3v) is 1.85. The number of hydrogen-bond acceptors (Lipinski definition) is 4. The number of methoxy groups -OCH3 is 1. The molecule has 0 aromatic carbocycles. The van der Waals surface area contributed by atoms with Crippen LogP contribution < -0.4 is 10.5 Å². The van der Waals surface area contributed by atoms with E-state index in [1.165, 1.54) is 6.33 Å². The molecular formula is C10H13N3O. The summed E-state index contributed by atoms with van der Waals surface area (Å²) in [5.41, 5.74) is 6.62. The molecule has 0 bridgehead atoms. The zero-order valence-electron chi connectivity index (χ0n) is 8.10. The fourth-order valence-electron chi connectivity index (χ4n) is 1.05. The lowest BCUT2D eigenvalue weighted by molar-refractivity contribution is 0.395. The molecule has 1 rings (SSSR count). The summed E-state index contributed by atoms with van der Waals surface area (Å²) in [7, 11) is 1.55. The molecule has 1 unspecified atom stereocenters. The predicted molar refractivity (Wildman–Crippen MR) is 53.6 cm³/mol. The van der Waals surface area contributed by atoms with Crippen molar-refractivity contribution in [3.63, 3.8) is 0 Å². The van der Waals surface area contributed by atoms with Crippen LogP contribution in [-0.4, -0.2) is 17.1 Å². The predicted octanol–water partition coefficient (Wildman–Crippen LogP) is 0.898. The monoisotopic (exact) mass is 191 g/mol. The first-order valence-electron chi connectivity index (χ1n) is 4.33. The van der Waals surface area contributed by atoms with E-state index in [1.54, 1.807) is 13.2 Å². The molecule has 0 spiro atoms. The summed E-state index contributed by atoms with van der Waals surface area (Å²) in [6, 6.07) is 1.57. The third kappa shape index (κ3) is 2.71. The molecule has 0 radical (unpaired) electrons. The second-order valence-electron chi connectivity index (χ2n) is 2.83. The average molecular weight is 191 g/mol. The van der Waals surface area contributed by atoms with E-state index in [-0.39, 0.29) is 6.04 Å². The molecule has 1 aromatic heterocycles. The van der Waals surface area contributed by atoms with Crippen molar-refractivity contribution >= 4 is 0 Å². The van der Waals surface area contributed by atoms with Crippen molar-refractivity contribution in [2.45, 2.75) is 18.9 Å². The Balaban J connectivity index is 2.70. The Hall–Kier alpha value is -1.60. The smallest absolute Gasteiger partial charge is 0.216 e. The van der Waals surface area contributed by atoms with Gasteiger partial charge in [-0.3, -0.25) is 0 Å². The lowest BCUT2D eigenvalue weighted by Gasteiger charge is -2.09. The van der Waals surface area contributed by atoms with Crippen LogP contribution in [0.4, 0.5) is 0 Å². The molecule has 1 heterocycles. The van der Waals surface area contributed by atoms with Crippen LogP contribution in [-0.2, 0) is 0 Å². The van der Waals surface area contributed by atoms with Crippen molar-refractivity contribution in [2.24, 2.45) is 5.73 Å². The Morgan fingerprint density at radius 1 is 1.64 bits per heavy atom. The van der Waals surface area contributed by atoms with Gasteiger partial charge in [0.15, 0.2) is 0 Å². The number of ether oxygens (including phenoxy) is 1. The maximum absolute atomic E-state index is 5.86. The molecule has 0 aliphatic rings. The SMILES string of the molecule is C#CCCC(N)c1cc(OC)ncn1. The normalized spacial score (nSPS) is 11.8. The largest absolute Gasteiger partial charge is 0.481 e. The van der Waals surface area contributed by atoms with E-state index in [9.17, 15) is 0 Å². The summed E-state index contributed by atoms with van der Waals surface area (Å²) < 4.78 is 4.96. The Morgan fingerprint density at radius 2 is 2.43 bits per heavy atom. The highest BCUT2D eigenvalue weighted by molar-refractivity contribution is 5.16. The fourth-order valence-corrected chi connectivity index (χ4v) is 1.05. The highest BCUT2D eigenvalue weighted by Gasteiger charge is 2.07. The number of rotatable bonds is 4. The standard InChI is InChI=1S/C10H13N3O/c1-3-4-5-8(11)9-6-10(14-2)13-7-12-9/h1,6-8H,4-5,11H2,2H3. The molecular weight excluding hydrogens is 178 g/mol. The molecule has 74 valence electrons. The van der Waals surface area contributed by atoms with Crippen molar-refractivity contribution in [2.75, 3.05) is 7.11 Å². The molecule has 0 amide bonds. The van der Waals surface area contributed by atoms with Gasteiger partial charge in [-0.05, 0) is 6.42 Å². The van der Waals surface area contributed by atoms with Crippen LogP contribution in [0.5, 0.6) is 5.88 Å². The lowest BCUT2D eigenvalue weighted by atomic mass is 10.1. The molecule has 2 N–H and O–H groups in total. The summed E-state index contributed by atoms with van der Waals surface area (Å²) >= 11 is 0. The van der Waals surface area contributed by atoms with Gasteiger partial charge in [-0.25, -0.2) is 9.97 Å². The van der Waals surface area contributed by atoms with Crippen LogP contribution in [0.3, 0.4) is 0 Å². The van der Waals surface area contributed by atoms with E-state index in [0.717, 1.165) is 12.1 Å². The van der Waals surface area contributed by atoms with Gasteiger partial charge in [-0.1, -0.05) is 0 Å². The summed E-state index contributed by atoms with van der Waals surface area (Å²) in [6.45, 7) is 0. The van der Waals surface area contributed by atoms with E-state index in [2.05, 4.69) is 15.9 Å². The molecule has 0 aliphatic heterocycles. The zero-order valence-corrected chi connectivity index (χ0v) is 8.10. The van der Waals surface area contributed by atoms with Gasteiger partial charge >= 0.3 is 0 Å². The molecule has 4 nitrogen and oxygen atoms in total. The first kappa shape index (κ1) is 10.5. The molecule has 1 atom stereocenters. The van der Waals surface area contributed by atoms with E-state index in [1.807, 2.05) is 0 Å². The summed E-state index contributed by atoms with van der Waals surface area (Å²) in [5.74, 6) is 3.06. The lowest BCUT2D eigenvalue weighted by Crippen LogP contribution is -2.12. The van der Waals surface area contributed by atoms with Crippen molar-refractivity contribution < 1.29 is 4.74 Å². The van der Waals surface area contributed by atoms with Crippen LogP contribution in [0.25, 0.3) is 0 Å². The second-order valence-corrected chi connectivity index (χ2v) is 2.83. The minimum Gasteiger partial charge on any atom is -0.481 e. The van der Waals surface area contributed by atoms with Gasteiger partial charge in [0.25, 0.3) is 0 Å². The van der Waals surface area contributed by atoms with Crippen molar-refractivity contribution in [1.82, 2.24) is 9.97 Å². The van der Waals surface area contributed by atoms with Crippen molar-refractivity contribution in [3.8, 4) is 18.2 Å². The molecule has 4 heteroatoms. The molecule has 1 aromatic rings. The van der Waals surface area contributed by atoms with Crippen LogP contribution in [0.15, 0.2) is 12.4 Å². The fraction of sp³-hybridized carbons (Fsp3) is 0.400. The zero-order chi connectivity index (χ0) is 10.4. The van der Waals surface area contributed by atoms with Gasteiger partial charge < -0.3 is 10.5 Å². The number of nitrogens with two attached hydrogens (primary N) is 1. The molecule has 0 aliphatic carbocycles. The topological polar surface area (TPSA) is 61.0 Å². The third-order valence-electron chi connectivity index (χ3n) is 1.85. The highest BCUT2D eigenvalue weighted by Crippen LogP contribution is 2.15. The summed E-state index contributed by atoms with van der Waals surface area (Å²) in [5, 5.41) is 0. The van der Waals surface area contributed by atoms with Crippen LogP contribution in [0.2, 0.25) is 0 Å². The Labute approximate surface area is 83.5 Å². The second kappa shape index (κ2) is 5.20. The minimum atomic E-state index is -0.150. The number of nitrogens with zero attached hydrogens (tertiary/aromatic N) is 2. The van der Waals surface area contributed by atoms with Gasteiger partial charge in [-0.2, -0.15) is 0 Å². The Bertz CT molecular complexity index is 332. The summed E-state index contributed by atoms with van der Waals surface area (Å²) in [6.07, 6.45) is 7.95. The Morgan fingerprint density at radius 3 is 3.07 bits per heavy atom. The van der Waals surface area contributed by atoms with Gasteiger partial charge in [0.1, 0.15) is 6.33 Å². The number of terminal acetylenes is 1. The van der Waals surface area contributed by atoms with Gasteiger partial charge in [0.2, 0.25) is 5.88 Å². The molecule has 0 saturated heterocycles. The maximum atomic E-state index is 5.86. The first-order chi connectivity index (χ1) is 6.77. The van der Waals surface area contributed by atoms with Crippen LogP contribution in [0.1, 0.15) is 24.6 Å². The maximum Gasteiger partial charge on any atom is 0.216 e. The molecule has 0 saturated carbocycles. The number of aromatic nitrogens is 2. The minimum absolute atomic E-state index is 0.150. The van der Waals surface area contributed by atoms with E-state index >= 15 is 0 Å². The van der Waals surface area contributed by atoms with E-state index in [4.69, 9.17) is 16.9 Å². The van der Waals surface area contributed by atoms with Gasteiger partial charge in [0, 0.05) is 18.5 Å². The van der Waals surface area contributed by atoms with Gasteiger partial charge in [-0.15, -0.1) is 12.3 Å². The van der Waals surface area contributed by atoms with Gasteiger partial charge in [0.05, 0.1) is 12.8 Å². The van der Waals surface area contributed by atoms with E-state index < -0.39 is 0 Å². The van der Waals surface area contributed by atoms with Crippen LogP contribution in [0, 0.1) is 12.3 Å². The quantitative estimate of drug-likeness (QED) is 0.718. The average Bonchev–Trinajstić information content (AvgIpc) is 2.26. The first-order valence-corrected chi connectivity index (χ1v) is 4.33. The van der Waals surface area contributed by atoms with E-state index in [0.29, 0.717) is 12.3 Å². The molecule has 14 heavy (non-hydrogen) atoms. The Kier molecular flexibility index (Phi) is 3.89. The number of hydrogen-bond donors (Lipinski definition) is 1. The van der Waals surface area contributed by atoms with Crippen molar-refractivity contribution in [1.29, 1.82) is 0 Å². The summed E-state index contributed by atoms with van der Waals surface area (Å²) in [4.78, 5) is 7.95. The highest BCUT2D eigenvalue weighted by atomic mass is 16.5.